The zero-order valence-corrected chi connectivity index (χ0v) is 13.7. The summed E-state index contributed by atoms with van der Waals surface area (Å²) in [5, 5.41) is 11.1. The summed E-state index contributed by atoms with van der Waals surface area (Å²) in [4.78, 5) is 26.4. The van der Waals surface area contributed by atoms with Gasteiger partial charge in [-0.2, -0.15) is 4.39 Å². The molecule has 0 spiro atoms. The van der Waals surface area contributed by atoms with Crippen LogP contribution in [0.1, 0.15) is 27.2 Å². The number of anilines is 1. The lowest BCUT2D eigenvalue weighted by Gasteiger charge is -2.28. The van der Waals surface area contributed by atoms with Crippen molar-refractivity contribution < 1.29 is 14.1 Å². The number of rotatable bonds is 2. The Bertz CT molecular complexity index is 613. The highest BCUT2D eigenvalue weighted by Gasteiger charge is 2.30. The van der Waals surface area contributed by atoms with Crippen molar-refractivity contribution in [3.63, 3.8) is 0 Å². The molecule has 1 aromatic carbocycles. The van der Waals surface area contributed by atoms with Crippen LogP contribution in [0.4, 0.5) is 15.8 Å². The monoisotopic (exact) mass is 323 g/mol. The van der Waals surface area contributed by atoms with Crippen LogP contribution >= 0.6 is 0 Å². The van der Waals surface area contributed by atoms with Gasteiger partial charge in [-0.15, -0.1) is 0 Å². The molecule has 6 nitrogen and oxygen atoms in total. The second-order valence-electron chi connectivity index (χ2n) is 6.75. The molecule has 0 N–H and O–H groups in total. The van der Waals surface area contributed by atoms with Crippen LogP contribution in [-0.2, 0) is 4.79 Å². The molecule has 0 atom stereocenters. The van der Waals surface area contributed by atoms with E-state index < -0.39 is 21.8 Å². The predicted octanol–water partition coefficient (Wildman–Crippen LogP) is 2.82. The Hall–Kier alpha value is -2.18. The first-order valence-electron chi connectivity index (χ1n) is 7.69. The topological polar surface area (TPSA) is 66.7 Å². The van der Waals surface area contributed by atoms with Gasteiger partial charge in [0.25, 0.3) is 0 Å². The van der Waals surface area contributed by atoms with Crippen LogP contribution in [0, 0.1) is 21.3 Å². The lowest BCUT2D eigenvalue weighted by Crippen LogP contribution is -2.41. The molecule has 0 unspecified atom stereocenters. The third-order valence-electron chi connectivity index (χ3n) is 3.91. The van der Waals surface area contributed by atoms with Crippen molar-refractivity contribution in [3.8, 4) is 0 Å². The summed E-state index contributed by atoms with van der Waals surface area (Å²) in [7, 11) is 0. The Morgan fingerprint density at radius 2 is 1.91 bits per heavy atom. The van der Waals surface area contributed by atoms with Gasteiger partial charge in [-0.05, 0) is 18.6 Å². The average Bonchev–Trinajstić information content (AvgIpc) is 2.70. The number of carbonyl (C=O) groups excluding carboxylic acids is 1. The Balaban J connectivity index is 2.21. The zero-order valence-electron chi connectivity index (χ0n) is 13.7. The summed E-state index contributed by atoms with van der Waals surface area (Å²) >= 11 is 0. The van der Waals surface area contributed by atoms with Crippen molar-refractivity contribution in [1.82, 2.24) is 4.90 Å². The van der Waals surface area contributed by atoms with E-state index in [2.05, 4.69) is 0 Å². The molecule has 0 radical (unpaired) electrons. The van der Waals surface area contributed by atoms with Crippen molar-refractivity contribution in [1.29, 1.82) is 0 Å². The second-order valence-corrected chi connectivity index (χ2v) is 6.75. The lowest BCUT2D eigenvalue weighted by molar-refractivity contribution is -0.386. The number of para-hydroxylation sites is 1. The fourth-order valence-electron chi connectivity index (χ4n) is 2.78. The summed E-state index contributed by atoms with van der Waals surface area (Å²) in [6.07, 6.45) is 0.690. The van der Waals surface area contributed by atoms with Crippen LogP contribution in [0.25, 0.3) is 0 Å². The van der Waals surface area contributed by atoms with Crippen molar-refractivity contribution in [2.75, 3.05) is 31.1 Å². The van der Waals surface area contributed by atoms with Gasteiger partial charge in [0.2, 0.25) is 11.7 Å². The van der Waals surface area contributed by atoms with E-state index in [0.29, 0.717) is 32.6 Å². The molecule has 0 aromatic heterocycles. The van der Waals surface area contributed by atoms with Crippen molar-refractivity contribution in [2.45, 2.75) is 27.2 Å². The third-order valence-corrected chi connectivity index (χ3v) is 3.91. The molecule has 1 heterocycles. The highest BCUT2D eigenvalue weighted by molar-refractivity contribution is 5.81. The van der Waals surface area contributed by atoms with Crippen LogP contribution in [0.5, 0.6) is 0 Å². The number of halogens is 1. The molecule has 1 aliphatic heterocycles. The molecule has 1 aliphatic rings. The Morgan fingerprint density at radius 3 is 2.52 bits per heavy atom. The molecule has 7 heteroatoms. The van der Waals surface area contributed by atoms with E-state index >= 15 is 0 Å². The maximum Gasteiger partial charge on any atom is 0.327 e. The number of amides is 1. The van der Waals surface area contributed by atoms with Crippen LogP contribution in [0.15, 0.2) is 18.2 Å². The maximum absolute atomic E-state index is 13.8. The minimum absolute atomic E-state index is 0.0630. The van der Waals surface area contributed by atoms with Gasteiger partial charge >= 0.3 is 5.69 Å². The SMILES string of the molecule is CC(C)(C)C(=O)N1CCCN(c2cccc(F)c2[N+](=O)[O-])CC1. The second kappa shape index (κ2) is 6.52. The minimum atomic E-state index is -0.834. The normalized spacial score (nSPS) is 16.2. The van der Waals surface area contributed by atoms with Gasteiger partial charge in [0.15, 0.2) is 0 Å². The highest BCUT2D eigenvalue weighted by Crippen LogP contribution is 2.31. The van der Waals surface area contributed by atoms with Crippen LogP contribution in [-0.4, -0.2) is 41.9 Å². The Morgan fingerprint density at radius 1 is 1.22 bits per heavy atom. The highest BCUT2D eigenvalue weighted by atomic mass is 19.1. The van der Waals surface area contributed by atoms with Gasteiger partial charge in [0.05, 0.1) is 4.92 Å². The van der Waals surface area contributed by atoms with Crippen molar-refractivity contribution >= 4 is 17.3 Å². The van der Waals surface area contributed by atoms with Gasteiger partial charge < -0.3 is 9.80 Å². The Labute approximate surface area is 135 Å². The number of hydrogen-bond donors (Lipinski definition) is 0. The Kier molecular flexibility index (Phi) is 4.87. The summed E-state index contributed by atoms with van der Waals surface area (Å²) in [6, 6.07) is 4.12. The van der Waals surface area contributed by atoms with E-state index in [0.717, 1.165) is 6.07 Å². The molecular formula is C16H22FN3O3. The number of benzene rings is 1. The molecule has 1 fully saturated rings. The van der Waals surface area contributed by atoms with E-state index in [9.17, 15) is 19.3 Å². The molecule has 1 amide bonds. The number of nitro benzene ring substituents is 1. The van der Waals surface area contributed by atoms with Gasteiger partial charge in [-0.25, -0.2) is 0 Å². The van der Waals surface area contributed by atoms with E-state index in [1.165, 1.54) is 6.07 Å². The van der Waals surface area contributed by atoms with Crippen LogP contribution in [0.2, 0.25) is 0 Å². The van der Waals surface area contributed by atoms with Gasteiger partial charge in [-0.3, -0.25) is 14.9 Å². The lowest BCUT2D eigenvalue weighted by atomic mass is 9.94. The molecule has 126 valence electrons. The van der Waals surface area contributed by atoms with E-state index in [-0.39, 0.29) is 11.6 Å². The first kappa shape index (κ1) is 17.2. The number of carbonyl (C=O) groups is 1. The fourth-order valence-corrected chi connectivity index (χ4v) is 2.78. The third kappa shape index (κ3) is 3.78. The molecule has 23 heavy (non-hydrogen) atoms. The fraction of sp³-hybridized carbons (Fsp3) is 0.562. The number of hydrogen-bond acceptors (Lipinski definition) is 4. The minimum Gasteiger partial charge on any atom is -0.364 e. The number of nitro groups is 1. The molecule has 0 aliphatic carbocycles. The van der Waals surface area contributed by atoms with Crippen molar-refractivity contribution in [2.24, 2.45) is 5.41 Å². The van der Waals surface area contributed by atoms with E-state index in [1.54, 1.807) is 15.9 Å². The van der Waals surface area contributed by atoms with Gasteiger partial charge in [-0.1, -0.05) is 26.8 Å². The zero-order chi connectivity index (χ0) is 17.2. The summed E-state index contributed by atoms with van der Waals surface area (Å²) in [5.41, 5.74) is -0.678. The summed E-state index contributed by atoms with van der Waals surface area (Å²) in [5.74, 6) is -0.771. The van der Waals surface area contributed by atoms with Gasteiger partial charge in [0.1, 0.15) is 5.69 Å². The molecule has 1 saturated heterocycles. The molecule has 2 rings (SSSR count). The predicted molar refractivity (Wildman–Crippen MR) is 85.9 cm³/mol. The van der Waals surface area contributed by atoms with E-state index in [1.807, 2.05) is 20.8 Å². The largest absolute Gasteiger partial charge is 0.364 e. The quantitative estimate of drug-likeness (QED) is 0.620. The summed E-state index contributed by atoms with van der Waals surface area (Å²) < 4.78 is 13.8. The molecule has 0 bridgehead atoms. The van der Waals surface area contributed by atoms with Crippen LogP contribution in [0.3, 0.4) is 0 Å². The van der Waals surface area contributed by atoms with Gasteiger partial charge in [0, 0.05) is 31.6 Å². The van der Waals surface area contributed by atoms with Crippen LogP contribution < -0.4 is 4.90 Å². The smallest absolute Gasteiger partial charge is 0.327 e. The maximum atomic E-state index is 13.8. The van der Waals surface area contributed by atoms with Crippen molar-refractivity contribution in [3.05, 3.63) is 34.1 Å². The average molecular weight is 323 g/mol. The van der Waals surface area contributed by atoms with E-state index in [4.69, 9.17) is 0 Å². The molecular weight excluding hydrogens is 301 g/mol. The summed E-state index contributed by atoms with van der Waals surface area (Å²) in [6.45, 7) is 7.70. The first-order valence-corrected chi connectivity index (χ1v) is 7.69. The standard InChI is InChI=1S/C16H22FN3O3/c1-16(2,3)15(21)19-9-5-8-18(10-11-19)13-7-4-6-12(17)14(13)20(22)23/h4,6-7H,5,8-11H2,1-3H3. The molecule has 0 saturated carbocycles. The number of nitrogens with zero attached hydrogens (tertiary/aromatic N) is 3. The first-order chi connectivity index (χ1) is 10.7. The molecule has 1 aromatic rings.